The first-order valence-electron chi connectivity index (χ1n) is 11.4. The zero-order valence-electron chi connectivity index (χ0n) is 20.5. The largest absolute Gasteiger partial charge is 0.346 e. The van der Waals surface area contributed by atoms with Gasteiger partial charge in [-0.15, -0.1) is 18.9 Å². The van der Waals surface area contributed by atoms with Gasteiger partial charge in [-0.2, -0.15) is 4.99 Å². The minimum atomic E-state index is -1.13. The van der Waals surface area contributed by atoms with Gasteiger partial charge in [0.1, 0.15) is 12.1 Å². The Labute approximate surface area is 200 Å². The molecule has 0 radical (unpaired) electrons. The minimum Gasteiger partial charge on any atom is -0.346 e. The summed E-state index contributed by atoms with van der Waals surface area (Å²) in [6.45, 7) is 13.3. The first kappa shape index (κ1) is 27.0. The summed E-state index contributed by atoms with van der Waals surface area (Å²) in [5, 5.41) is 5.08. The van der Waals surface area contributed by atoms with Crippen molar-refractivity contribution < 1.29 is 24.0 Å². The number of fused-ring (bicyclic) bond motifs is 1. The molecule has 2 rings (SSSR count). The Hall–Kier alpha value is -3.24. The lowest BCUT2D eigenvalue weighted by atomic mass is 9.85. The molecule has 0 spiro atoms. The molecule has 5 atom stereocenters. The molecule has 1 saturated carbocycles. The van der Waals surface area contributed by atoms with Gasteiger partial charge in [0.15, 0.2) is 0 Å². The van der Waals surface area contributed by atoms with Gasteiger partial charge in [-0.05, 0) is 29.1 Å². The van der Waals surface area contributed by atoms with E-state index >= 15 is 0 Å². The molecule has 9 nitrogen and oxygen atoms in total. The summed E-state index contributed by atoms with van der Waals surface area (Å²) in [6, 6.07) is -2.97. The van der Waals surface area contributed by atoms with Crippen LogP contribution in [0.1, 0.15) is 47.5 Å². The van der Waals surface area contributed by atoms with E-state index in [2.05, 4.69) is 28.1 Å². The van der Waals surface area contributed by atoms with Crippen molar-refractivity contribution in [2.75, 3.05) is 13.1 Å². The Morgan fingerprint density at radius 1 is 1.29 bits per heavy atom. The van der Waals surface area contributed by atoms with E-state index < -0.39 is 47.0 Å². The van der Waals surface area contributed by atoms with Crippen LogP contribution >= 0.6 is 0 Å². The molecule has 9 heteroatoms. The van der Waals surface area contributed by atoms with Crippen LogP contribution in [0.15, 0.2) is 17.6 Å². The van der Waals surface area contributed by atoms with Crippen molar-refractivity contribution in [3.05, 3.63) is 12.7 Å². The number of rotatable bonds is 10. The summed E-state index contributed by atoms with van der Waals surface area (Å²) in [6.07, 6.45) is 8.50. The van der Waals surface area contributed by atoms with E-state index in [1.807, 2.05) is 13.8 Å². The van der Waals surface area contributed by atoms with Crippen molar-refractivity contribution in [3.8, 4) is 12.3 Å². The predicted molar refractivity (Wildman–Crippen MR) is 126 cm³/mol. The molecule has 1 aliphatic heterocycles. The number of nitrogens with zero attached hydrogens (tertiary/aromatic N) is 2. The third kappa shape index (κ3) is 5.45. The average molecular weight is 471 g/mol. The topological polar surface area (TPSA) is 125 Å². The SMILES string of the molecule is C#CCCC(NC(=O)[C@@H]1C2C(CN1C(=O)[C@@H](N=C=O)C(C)(C)C)C2(C)C)C(=O)C(=O)NCC=C. The number of carbonyl (C=O) groups is 4. The summed E-state index contributed by atoms with van der Waals surface area (Å²) in [5.74, 6) is -0.223. The van der Waals surface area contributed by atoms with E-state index in [4.69, 9.17) is 6.42 Å². The second-order valence-corrected chi connectivity index (χ2v) is 10.5. The summed E-state index contributed by atoms with van der Waals surface area (Å²) < 4.78 is 0. The van der Waals surface area contributed by atoms with Crippen LogP contribution in [0.4, 0.5) is 0 Å². The van der Waals surface area contributed by atoms with Crippen LogP contribution in [0.25, 0.3) is 0 Å². The van der Waals surface area contributed by atoms with Crippen LogP contribution in [0.5, 0.6) is 0 Å². The van der Waals surface area contributed by atoms with Gasteiger partial charge in [-0.1, -0.05) is 40.7 Å². The van der Waals surface area contributed by atoms with Gasteiger partial charge in [-0.25, -0.2) is 4.79 Å². The Balaban J connectivity index is 2.31. The maximum atomic E-state index is 13.5. The molecule has 3 amide bonds. The normalized spacial score (nSPS) is 23.9. The van der Waals surface area contributed by atoms with E-state index in [1.165, 1.54) is 17.1 Å². The fourth-order valence-electron chi connectivity index (χ4n) is 4.81. The maximum absolute atomic E-state index is 13.5. The lowest BCUT2D eigenvalue weighted by Crippen LogP contribution is -2.57. The van der Waals surface area contributed by atoms with Crippen molar-refractivity contribution in [3.63, 3.8) is 0 Å². The lowest BCUT2D eigenvalue weighted by Gasteiger charge is -2.35. The first-order valence-corrected chi connectivity index (χ1v) is 11.4. The summed E-state index contributed by atoms with van der Waals surface area (Å²) in [4.78, 5) is 67.9. The van der Waals surface area contributed by atoms with Gasteiger partial charge in [0.25, 0.3) is 5.91 Å². The molecule has 1 heterocycles. The Kier molecular flexibility index (Phi) is 8.22. The molecule has 0 aromatic rings. The van der Waals surface area contributed by atoms with Crippen LogP contribution in [-0.4, -0.2) is 65.7 Å². The number of carbonyl (C=O) groups excluding carboxylic acids is 5. The predicted octanol–water partition coefficient (Wildman–Crippen LogP) is 0.989. The van der Waals surface area contributed by atoms with Crippen molar-refractivity contribution in [2.45, 2.75) is 65.6 Å². The molecule has 1 saturated heterocycles. The summed E-state index contributed by atoms with van der Waals surface area (Å²) in [7, 11) is 0. The molecule has 2 N–H and O–H groups in total. The number of hydrogen-bond acceptors (Lipinski definition) is 6. The molecule has 0 bridgehead atoms. The van der Waals surface area contributed by atoms with Crippen LogP contribution < -0.4 is 10.6 Å². The monoisotopic (exact) mass is 470 g/mol. The molecule has 184 valence electrons. The molecular formula is C25H34N4O5. The Morgan fingerprint density at radius 3 is 2.47 bits per heavy atom. The number of piperidine rings is 1. The molecule has 3 unspecified atom stereocenters. The molecular weight excluding hydrogens is 436 g/mol. The zero-order valence-corrected chi connectivity index (χ0v) is 20.5. The highest BCUT2D eigenvalue weighted by Gasteiger charge is 2.69. The third-order valence-electron chi connectivity index (χ3n) is 6.84. The van der Waals surface area contributed by atoms with Crippen LogP contribution in [0, 0.1) is 35.0 Å². The van der Waals surface area contributed by atoms with E-state index in [0.29, 0.717) is 6.54 Å². The Morgan fingerprint density at radius 2 is 1.94 bits per heavy atom. The average Bonchev–Trinajstić information content (AvgIpc) is 3.11. The second-order valence-electron chi connectivity index (χ2n) is 10.5. The quantitative estimate of drug-likeness (QED) is 0.162. The summed E-state index contributed by atoms with van der Waals surface area (Å²) >= 11 is 0. The van der Waals surface area contributed by atoms with Gasteiger partial charge in [0.2, 0.25) is 23.7 Å². The van der Waals surface area contributed by atoms with E-state index in [-0.39, 0.29) is 36.6 Å². The number of terminal acetylenes is 1. The Bertz CT molecular complexity index is 951. The molecule has 2 fully saturated rings. The number of Topliss-reactive ketones (excluding diaryl/α,β-unsaturated/α-hetero) is 1. The highest BCUT2D eigenvalue weighted by atomic mass is 16.2. The minimum absolute atomic E-state index is 0.0841. The smallest absolute Gasteiger partial charge is 0.289 e. The highest BCUT2D eigenvalue weighted by molar-refractivity contribution is 6.38. The fourth-order valence-corrected chi connectivity index (χ4v) is 4.81. The van der Waals surface area contributed by atoms with Gasteiger partial charge < -0.3 is 15.5 Å². The lowest BCUT2D eigenvalue weighted by molar-refractivity contribution is -0.144. The van der Waals surface area contributed by atoms with Gasteiger partial charge in [0, 0.05) is 19.5 Å². The number of likely N-dealkylation sites (tertiary alicyclic amines) is 1. The van der Waals surface area contributed by atoms with Crippen molar-refractivity contribution in [1.29, 1.82) is 0 Å². The third-order valence-corrected chi connectivity index (χ3v) is 6.84. The van der Waals surface area contributed by atoms with E-state index in [1.54, 1.807) is 20.8 Å². The molecule has 34 heavy (non-hydrogen) atoms. The van der Waals surface area contributed by atoms with Gasteiger partial charge in [-0.3, -0.25) is 19.2 Å². The van der Waals surface area contributed by atoms with E-state index in [9.17, 15) is 24.0 Å². The number of hydrogen-bond donors (Lipinski definition) is 2. The first-order chi connectivity index (χ1) is 15.8. The number of isocyanates is 1. The standard InChI is InChI=1S/C25H34N4O5/c1-8-10-11-16(19(31)22(33)26-12-9-2)28-21(32)18-17-15(25(17,6)7)13-29(18)23(34)20(27-14-30)24(3,4)5/h1,9,15-18,20H,2,10-13H2,3-7H3,(H,26,33)(H,28,32)/t15?,16?,17?,18-,20+/m0/s1. The number of nitrogens with one attached hydrogen (secondary N) is 2. The fraction of sp³-hybridized carbons (Fsp3) is 0.640. The van der Waals surface area contributed by atoms with Crippen LogP contribution in [0.2, 0.25) is 0 Å². The van der Waals surface area contributed by atoms with Crippen molar-refractivity contribution in [1.82, 2.24) is 15.5 Å². The van der Waals surface area contributed by atoms with Crippen LogP contribution in [0.3, 0.4) is 0 Å². The number of amides is 3. The molecule has 1 aliphatic carbocycles. The van der Waals surface area contributed by atoms with Gasteiger partial charge in [0.05, 0.1) is 6.04 Å². The molecule has 0 aromatic carbocycles. The van der Waals surface area contributed by atoms with Gasteiger partial charge >= 0.3 is 0 Å². The second kappa shape index (κ2) is 10.4. The zero-order chi connectivity index (χ0) is 25.8. The summed E-state index contributed by atoms with van der Waals surface area (Å²) in [5.41, 5.74) is -0.823. The molecule has 0 aromatic heterocycles. The van der Waals surface area contributed by atoms with Crippen LogP contribution in [-0.2, 0) is 24.0 Å². The highest BCUT2D eigenvalue weighted by Crippen LogP contribution is 2.65. The van der Waals surface area contributed by atoms with Crippen molar-refractivity contribution in [2.24, 2.45) is 27.7 Å². The number of ketones is 1. The van der Waals surface area contributed by atoms with E-state index in [0.717, 1.165) is 0 Å². The molecule has 2 aliphatic rings. The van der Waals surface area contributed by atoms with Crippen molar-refractivity contribution >= 4 is 29.6 Å². The number of aliphatic imine (C=N–C) groups is 1. The maximum Gasteiger partial charge on any atom is 0.289 e.